The van der Waals surface area contributed by atoms with Gasteiger partial charge in [0, 0.05) is 4.88 Å². The van der Waals surface area contributed by atoms with Gasteiger partial charge >= 0.3 is 0 Å². The van der Waals surface area contributed by atoms with E-state index in [4.69, 9.17) is 0 Å². The van der Waals surface area contributed by atoms with Gasteiger partial charge in [-0.1, -0.05) is 13.0 Å². The van der Waals surface area contributed by atoms with Crippen LogP contribution in [0, 0.1) is 0 Å². The Morgan fingerprint density at radius 1 is 1.38 bits per heavy atom. The van der Waals surface area contributed by atoms with Gasteiger partial charge in [0.15, 0.2) is 0 Å². The Hall–Kier alpha value is -0.870. The van der Waals surface area contributed by atoms with Crippen molar-refractivity contribution < 1.29 is 0 Å². The van der Waals surface area contributed by atoms with Crippen LogP contribution in [0.4, 0.5) is 5.82 Å². The summed E-state index contributed by atoms with van der Waals surface area (Å²) in [5.74, 6) is 0.907. The van der Waals surface area contributed by atoms with Gasteiger partial charge in [0.2, 0.25) is 0 Å². The molecule has 0 fully saturated rings. The van der Waals surface area contributed by atoms with E-state index in [0.29, 0.717) is 0 Å². The number of halogens is 1. The second-order valence-corrected chi connectivity index (χ2v) is 5.23. The Morgan fingerprint density at radius 3 is 3.00 bits per heavy atom. The summed E-state index contributed by atoms with van der Waals surface area (Å²) in [5, 5.41) is 5.47. The fourth-order valence-electron chi connectivity index (χ4n) is 1.51. The van der Waals surface area contributed by atoms with Crippen LogP contribution in [0.3, 0.4) is 0 Å². The van der Waals surface area contributed by atoms with Crippen LogP contribution >= 0.6 is 27.3 Å². The van der Waals surface area contributed by atoms with Crippen molar-refractivity contribution in [2.24, 2.45) is 0 Å². The van der Waals surface area contributed by atoms with Gasteiger partial charge in [-0.25, -0.2) is 4.98 Å². The maximum atomic E-state index is 4.34. The Kier molecular flexibility index (Phi) is 3.96. The minimum atomic E-state index is 0.851. The Morgan fingerprint density at radius 2 is 2.25 bits per heavy atom. The van der Waals surface area contributed by atoms with Crippen molar-refractivity contribution in [3.8, 4) is 0 Å². The lowest BCUT2D eigenvalue weighted by Crippen LogP contribution is -2.01. The van der Waals surface area contributed by atoms with Crippen LogP contribution in [-0.4, -0.2) is 4.98 Å². The smallest absolute Gasteiger partial charge is 0.127 e. The molecule has 0 aromatic carbocycles. The van der Waals surface area contributed by atoms with Crippen LogP contribution in [0.1, 0.15) is 17.4 Å². The fourth-order valence-corrected chi connectivity index (χ4v) is 2.77. The summed E-state index contributed by atoms with van der Waals surface area (Å²) in [4.78, 5) is 5.73. The Labute approximate surface area is 108 Å². The Bertz CT molecular complexity index is 468. The first kappa shape index (κ1) is 11.6. The maximum absolute atomic E-state index is 4.34. The average Bonchev–Trinajstić information content (AvgIpc) is 2.74. The van der Waals surface area contributed by atoms with Crippen molar-refractivity contribution in [2.75, 3.05) is 5.32 Å². The third-order valence-corrected chi connectivity index (χ3v) is 3.77. The molecule has 2 heterocycles. The lowest BCUT2D eigenvalue weighted by Gasteiger charge is -2.05. The second kappa shape index (κ2) is 5.46. The van der Waals surface area contributed by atoms with Crippen LogP contribution in [0.2, 0.25) is 0 Å². The van der Waals surface area contributed by atoms with Gasteiger partial charge in [-0.15, -0.1) is 11.3 Å². The number of nitrogens with one attached hydrogen (secondary N) is 1. The molecule has 2 aromatic heterocycles. The van der Waals surface area contributed by atoms with Crippen LogP contribution < -0.4 is 5.32 Å². The van der Waals surface area contributed by atoms with Gasteiger partial charge in [-0.2, -0.15) is 0 Å². The maximum Gasteiger partial charge on any atom is 0.127 e. The summed E-state index contributed by atoms with van der Waals surface area (Å²) in [5.41, 5.74) is 1.42. The summed E-state index contributed by atoms with van der Waals surface area (Å²) in [6.07, 6.45) is 1.09. The molecule has 16 heavy (non-hydrogen) atoms. The molecule has 4 heteroatoms. The molecule has 1 N–H and O–H groups in total. The summed E-state index contributed by atoms with van der Waals surface area (Å²) < 4.78 is 0.861. The summed E-state index contributed by atoms with van der Waals surface area (Å²) >= 11 is 5.16. The molecule has 0 spiro atoms. The van der Waals surface area contributed by atoms with Crippen LogP contribution in [0.15, 0.2) is 34.2 Å². The van der Waals surface area contributed by atoms with Gasteiger partial charge in [-0.3, -0.25) is 0 Å². The lowest BCUT2D eigenvalue weighted by molar-refractivity contribution is 1.06. The van der Waals surface area contributed by atoms with Crippen LogP contribution in [-0.2, 0) is 13.0 Å². The van der Waals surface area contributed by atoms with Crippen LogP contribution in [0.25, 0.3) is 0 Å². The number of thiophene rings is 1. The summed E-state index contributed by atoms with van der Waals surface area (Å²) in [7, 11) is 0. The van der Waals surface area contributed by atoms with E-state index in [1.807, 2.05) is 18.2 Å². The first-order valence-corrected chi connectivity index (χ1v) is 6.88. The van der Waals surface area contributed by atoms with E-state index in [9.17, 15) is 0 Å². The highest BCUT2D eigenvalue weighted by atomic mass is 79.9. The molecule has 0 aliphatic heterocycles. The monoisotopic (exact) mass is 296 g/mol. The predicted molar refractivity (Wildman–Crippen MR) is 73.0 cm³/mol. The topological polar surface area (TPSA) is 24.9 Å². The van der Waals surface area contributed by atoms with Gasteiger partial charge in [-0.05, 0) is 51.5 Å². The van der Waals surface area contributed by atoms with E-state index < -0.39 is 0 Å². The van der Waals surface area contributed by atoms with Crippen molar-refractivity contribution in [3.05, 3.63) is 44.7 Å². The normalized spacial score (nSPS) is 10.4. The highest BCUT2D eigenvalue weighted by Crippen LogP contribution is 2.19. The number of aryl methyl sites for hydroxylation is 1. The SMILES string of the molecule is CCc1ccsc1CNc1cccc(Br)n1. The van der Waals surface area contributed by atoms with Crippen LogP contribution in [0.5, 0.6) is 0 Å². The summed E-state index contributed by atoms with van der Waals surface area (Å²) in [6, 6.07) is 8.07. The van der Waals surface area contributed by atoms with Crippen molar-refractivity contribution in [1.82, 2.24) is 4.98 Å². The summed E-state index contributed by atoms with van der Waals surface area (Å²) in [6.45, 7) is 3.03. The molecule has 2 rings (SSSR count). The van der Waals surface area contributed by atoms with E-state index in [-0.39, 0.29) is 0 Å². The largest absolute Gasteiger partial charge is 0.365 e. The molecule has 0 saturated heterocycles. The zero-order valence-corrected chi connectivity index (χ0v) is 11.4. The molecule has 2 nitrogen and oxygen atoms in total. The molecule has 84 valence electrons. The van der Waals surface area contributed by atoms with Crippen molar-refractivity contribution >= 4 is 33.1 Å². The van der Waals surface area contributed by atoms with Gasteiger partial charge in [0.25, 0.3) is 0 Å². The quantitative estimate of drug-likeness (QED) is 0.860. The molecular weight excluding hydrogens is 284 g/mol. The second-order valence-electron chi connectivity index (χ2n) is 3.42. The molecule has 0 aliphatic rings. The number of nitrogens with zero attached hydrogens (tertiary/aromatic N) is 1. The molecule has 0 bridgehead atoms. The Balaban J connectivity index is 2.02. The molecule has 0 radical (unpaired) electrons. The van der Waals surface area contributed by atoms with E-state index in [1.54, 1.807) is 11.3 Å². The van der Waals surface area contributed by atoms with Gasteiger partial charge < -0.3 is 5.32 Å². The molecule has 2 aromatic rings. The third-order valence-electron chi connectivity index (χ3n) is 2.36. The molecule has 0 atom stereocenters. The molecule has 0 aliphatic carbocycles. The first-order chi connectivity index (χ1) is 7.79. The van der Waals surface area contributed by atoms with Crippen molar-refractivity contribution in [1.29, 1.82) is 0 Å². The fraction of sp³-hybridized carbons (Fsp3) is 0.250. The molecule has 0 unspecified atom stereocenters. The third kappa shape index (κ3) is 2.83. The number of hydrogen-bond acceptors (Lipinski definition) is 3. The van der Waals surface area contributed by atoms with E-state index in [0.717, 1.165) is 23.4 Å². The zero-order chi connectivity index (χ0) is 11.4. The highest BCUT2D eigenvalue weighted by Gasteiger charge is 2.02. The minimum Gasteiger partial charge on any atom is -0.365 e. The average molecular weight is 297 g/mol. The van der Waals surface area contributed by atoms with Crippen molar-refractivity contribution in [2.45, 2.75) is 19.9 Å². The van der Waals surface area contributed by atoms with Gasteiger partial charge in [0.05, 0.1) is 6.54 Å². The number of anilines is 1. The highest BCUT2D eigenvalue weighted by molar-refractivity contribution is 9.10. The zero-order valence-electron chi connectivity index (χ0n) is 9.03. The van der Waals surface area contributed by atoms with Crippen molar-refractivity contribution in [3.63, 3.8) is 0 Å². The standard InChI is InChI=1S/C12H13BrN2S/c1-2-9-6-7-16-10(9)8-14-12-5-3-4-11(13)15-12/h3-7H,2,8H2,1H3,(H,14,15). The minimum absolute atomic E-state index is 0.851. The first-order valence-electron chi connectivity index (χ1n) is 5.21. The predicted octanol–water partition coefficient (Wildman–Crippen LogP) is 4.08. The number of rotatable bonds is 4. The van der Waals surface area contributed by atoms with E-state index in [2.05, 4.69) is 44.6 Å². The number of pyridine rings is 1. The number of aromatic nitrogens is 1. The number of hydrogen-bond donors (Lipinski definition) is 1. The van der Waals surface area contributed by atoms with Gasteiger partial charge in [0.1, 0.15) is 10.4 Å². The molecule has 0 saturated carbocycles. The van der Waals surface area contributed by atoms with E-state index >= 15 is 0 Å². The molecule has 0 amide bonds. The molecular formula is C12H13BrN2S. The van der Waals surface area contributed by atoms with E-state index in [1.165, 1.54) is 10.4 Å². The lowest BCUT2D eigenvalue weighted by atomic mass is 10.2.